The second-order valence-electron chi connectivity index (χ2n) is 4.99. The van der Waals surface area contributed by atoms with E-state index in [1.54, 1.807) is 0 Å². The first-order valence-electron chi connectivity index (χ1n) is 5.62. The van der Waals surface area contributed by atoms with E-state index in [-0.39, 0.29) is 0 Å². The Kier molecular flexibility index (Phi) is 3.31. The van der Waals surface area contributed by atoms with Crippen LogP contribution in [0, 0.1) is 0 Å². The van der Waals surface area contributed by atoms with Gasteiger partial charge in [-0.3, -0.25) is 0 Å². The molecule has 0 aromatic heterocycles. The van der Waals surface area contributed by atoms with Crippen LogP contribution in [0.4, 0.5) is 0 Å². The van der Waals surface area contributed by atoms with Crippen molar-refractivity contribution in [3.63, 3.8) is 0 Å². The van der Waals surface area contributed by atoms with Crippen molar-refractivity contribution < 1.29 is 9.47 Å². The molecule has 88 valence electrons. The molecule has 2 fully saturated rings. The van der Waals surface area contributed by atoms with Gasteiger partial charge in [-0.15, -0.1) is 0 Å². The molecule has 2 rings (SSSR count). The third kappa shape index (κ3) is 3.09. The maximum Gasteiger partial charge on any atom is 0.162 e. The van der Waals surface area contributed by atoms with Crippen LogP contribution in [-0.4, -0.2) is 42.6 Å². The summed E-state index contributed by atoms with van der Waals surface area (Å²) in [7, 11) is 0. The SMILES string of the molecule is CSC1(CNC2COC(C)(C)OC2)CC1. The third-order valence-corrected chi connectivity index (χ3v) is 4.64. The lowest BCUT2D eigenvalue weighted by molar-refractivity contribution is -0.252. The first-order valence-corrected chi connectivity index (χ1v) is 6.84. The number of nitrogens with one attached hydrogen (secondary N) is 1. The van der Waals surface area contributed by atoms with Crippen molar-refractivity contribution in [2.24, 2.45) is 0 Å². The Balaban J connectivity index is 1.69. The number of thioether (sulfide) groups is 1. The van der Waals surface area contributed by atoms with E-state index >= 15 is 0 Å². The zero-order valence-corrected chi connectivity index (χ0v) is 10.7. The minimum absolute atomic E-state index is 0.364. The molecule has 1 N–H and O–H groups in total. The van der Waals surface area contributed by atoms with Crippen LogP contribution in [0.1, 0.15) is 26.7 Å². The van der Waals surface area contributed by atoms with Gasteiger partial charge in [-0.05, 0) is 32.9 Å². The number of ether oxygens (including phenoxy) is 2. The van der Waals surface area contributed by atoms with Crippen LogP contribution < -0.4 is 5.32 Å². The molecule has 0 unspecified atom stereocenters. The Labute approximate surface area is 96.3 Å². The second kappa shape index (κ2) is 4.24. The van der Waals surface area contributed by atoms with Crippen molar-refractivity contribution >= 4 is 11.8 Å². The molecule has 0 amide bonds. The van der Waals surface area contributed by atoms with Crippen molar-refractivity contribution in [3.8, 4) is 0 Å². The fourth-order valence-corrected chi connectivity index (χ4v) is 2.47. The summed E-state index contributed by atoms with van der Waals surface area (Å²) in [4.78, 5) is 0. The summed E-state index contributed by atoms with van der Waals surface area (Å²) < 4.78 is 11.7. The number of hydrogen-bond acceptors (Lipinski definition) is 4. The average Bonchev–Trinajstić information content (AvgIpc) is 2.97. The third-order valence-electron chi connectivity index (χ3n) is 3.22. The number of rotatable bonds is 4. The molecule has 4 heteroatoms. The van der Waals surface area contributed by atoms with E-state index < -0.39 is 5.79 Å². The van der Waals surface area contributed by atoms with Crippen molar-refractivity contribution in [1.29, 1.82) is 0 Å². The van der Waals surface area contributed by atoms with Crippen molar-refractivity contribution in [3.05, 3.63) is 0 Å². The van der Waals surface area contributed by atoms with Gasteiger partial charge in [0, 0.05) is 11.3 Å². The lowest BCUT2D eigenvalue weighted by atomic mass is 10.2. The van der Waals surface area contributed by atoms with Crippen LogP contribution >= 0.6 is 11.8 Å². The van der Waals surface area contributed by atoms with Gasteiger partial charge in [-0.2, -0.15) is 11.8 Å². The Hall–Kier alpha value is 0.230. The van der Waals surface area contributed by atoms with Gasteiger partial charge in [0.25, 0.3) is 0 Å². The molecule has 1 saturated carbocycles. The van der Waals surface area contributed by atoms with Crippen molar-refractivity contribution in [1.82, 2.24) is 5.32 Å². The van der Waals surface area contributed by atoms with Crippen LogP contribution in [0.25, 0.3) is 0 Å². The Morgan fingerprint density at radius 2 is 1.87 bits per heavy atom. The minimum Gasteiger partial charge on any atom is -0.349 e. The maximum atomic E-state index is 5.61. The van der Waals surface area contributed by atoms with E-state index in [1.165, 1.54) is 12.8 Å². The summed E-state index contributed by atoms with van der Waals surface area (Å²) in [6, 6.07) is 0.364. The molecule has 0 bridgehead atoms. The number of hydrogen-bond donors (Lipinski definition) is 1. The predicted molar refractivity (Wildman–Crippen MR) is 63.3 cm³/mol. The molecule has 3 nitrogen and oxygen atoms in total. The topological polar surface area (TPSA) is 30.5 Å². The van der Waals surface area contributed by atoms with Crippen molar-refractivity contribution in [2.45, 2.75) is 43.3 Å². The summed E-state index contributed by atoms with van der Waals surface area (Å²) in [6.45, 7) is 6.54. The largest absolute Gasteiger partial charge is 0.349 e. The van der Waals surface area contributed by atoms with E-state index in [0.29, 0.717) is 10.8 Å². The summed E-state index contributed by atoms with van der Waals surface area (Å²) in [5, 5.41) is 3.54. The molecule has 0 aromatic carbocycles. The van der Waals surface area contributed by atoms with E-state index in [9.17, 15) is 0 Å². The average molecular weight is 231 g/mol. The van der Waals surface area contributed by atoms with E-state index in [4.69, 9.17) is 9.47 Å². The standard InChI is InChI=1S/C11H21NO2S/c1-10(2)13-6-9(7-14-10)12-8-11(15-3)4-5-11/h9,12H,4-8H2,1-3H3. The Morgan fingerprint density at radius 3 is 2.33 bits per heavy atom. The summed E-state index contributed by atoms with van der Waals surface area (Å²) >= 11 is 1.98. The predicted octanol–water partition coefficient (Wildman–Crippen LogP) is 1.62. The molecule has 0 atom stereocenters. The molecular formula is C11H21NO2S. The molecule has 1 aliphatic heterocycles. The van der Waals surface area contributed by atoms with Crippen molar-refractivity contribution in [2.75, 3.05) is 26.0 Å². The van der Waals surface area contributed by atoms with Gasteiger partial charge in [0.05, 0.1) is 19.3 Å². The molecule has 1 aliphatic carbocycles. The summed E-state index contributed by atoms with van der Waals surface area (Å²) in [6.07, 6.45) is 4.90. The minimum atomic E-state index is -0.394. The zero-order valence-electron chi connectivity index (χ0n) is 9.84. The van der Waals surface area contributed by atoms with E-state index in [2.05, 4.69) is 11.6 Å². The second-order valence-corrected chi connectivity index (χ2v) is 6.26. The van der Waals surface area contributed by atoms with Crippen LogP contribution in [0.3, 0.4) is 0 Å². The van der Waals surface area contributed by atoms with Gasteiger partial charge in [0.2, 0.25) is 0 Å². The molecule has 15 heavy (non-hydrogen) atoms. The highest BCUT2D eigenvalue weighted by Crippen LogP contribution is 2.46. The molecule has 1 heterocycles. The Bertz CT molecular complexity index is 219. The fourth-order valence-electron chi connectivity index (χ4n) is 1.73. The smallest absolute Gasteiger partial charge is 0.162 e. The monoisotopic (exact) mass is 231 g/mol. The van der Waals surface area contributed by atoms with Crippen LogP contribution in [-0.2, 0) is 9.47 Å². The van der Waals surface area contributed by atoms with Gasteiger partial charge in [-0.1, -0.05) is 0 Å². The van der Waals surface area contributed by atoms with Gasteiger partial charge in [0.15, 0.2) is 5.79 Å². The van der Waals surface area contributed by atoms with Crippen LogP contribution in [0.2, 0.25) is 0 Å². The first kappa shape index (κ1) is 11.7. The van der Waals surface area contributed by atoms with Crippen LogP contribution in [0.5, 0.6) is 0 Å². The lowest BCUT2D eigenvalue weighted by Gasteiger charge is -2.35. The van der Waals surface area contributed by atoms with E-state index in [1.807, 2.05) is 25.6 Å². The molecule has 0 spiro atoms. The summed E-state index contributed by atoms with van der Waals surface area (Å²) in [5.74, 6) is -0.394. The first-order chi connectivity index (χ1) is 7.05. The maximum absolute atomic E-state index is 5.61. The van der Waals surface area contributed by atoms with Crippen LogP contribution in [0.15, 0.2) is 0 Å². The zero-order chi connectivity index (χ0) is 10.9. The Morgan fingerprint density at radius 1 is 1.27 bits per heavy atom. The van der Waals surface area contributed by atoms with Gasteiger partial charge >= 0.3 is 0 Å². The highest BCUT2D eigenvalue weighted by atomic mass is 32.2. The highest BCUT2D eigenvalue weighted by molar-refractivity contribution is 8.00. The normalized spacial score (nSPS) is 29.0. The highest BCUT2D eigenvalue weighted by Gasteiger charge is 2.42. The molecule has 2 aliphatic rings. The van der Waals surface area contributed by atoms with Gasteiger partial charge < -0.3 is 14.8 Å². The molecule has 0 aromatic rings. The van der Waals surface area contributed by atoms with E-state index in [0.717, 1.165) is 19.8 Å². The molecule has 1 saturated heterocycles. The quantitative estimate of drug-likeness (QED) is 0.796. The molecule has 0 radical (unpaired) electrons. The lowest BCUT2D eigenvalue weighted by Crippen LogP contribution is -2.50. The summed E-state index contributed by atoms with van der Waals surface area (Å²) in [5.41, 5.74) is 0. The fraction of sp³-hybridized carbons (Fsp3) is 1.00. The van der Waals surface area contributed by atoms with Gasteiger partial charge in [0.1, 0.15) is 0 Å². The van der Waals surface area contributed by atoms with Gasteiger partial charge in [-0.25, -0.2) is 0 Å². The molecular weight excluding hydrogens is 210 g/mol.